The molecule has 0 spiro atoms. The Balaban J connectivity index is 2.11. The lowest BCUT2D eigenvalue weighted by atomic mass is 9.73. The van der Waals surface area contributed by atoms with E-state index in [9.17, 15) is 0 Å². The Kier molecular flexibility index (Phi) is 4.82. The van der Waals surface area contributed by atoms with E-state index in [0.29, 0.717) is 0 Å². The van der Waals surface area contributed by atoms with Crippen molar-refractivity contribution in [3.8, 4) is 0 Å². The zero-order chi connectivity index (χ0) is 13.0. The standard InChI is InChI=1S/C15H23BrN2/c1-2-9-18-10-7-15(12-17,8-11-18)13-3-5-14(16)6-4-13/h3-6H,2,7-12,17H2,1H3. The van der Waals surface area contributed by atoms with Crippen molar-refractivity contribution in [3.63, 3.8) is 0 Å². The SMILES string of the molecule is CCCN1CCC(CN)(c2ccc(Br)cc2)CC1. The van der Waals surface area contributed by atoms with Crippen molar-refractivity contribution in [1.29, 1.82) is 0 Å². The minimum absolute atomic E-state index is 0.199. The van der Waals surface area contributed by atoms with E-state index in [-0.39, 0.29) is 5.41 Å². The van der Waals surface area contributed by atoms with Crippen LogP contribution >= 0.6 is 15.9 Å². The van der Waals surface area contributed by atoms with Gasteiger partial charge in [-0.15, -0.1) is 0 Å². The third kappa shape index (κ3) is 2.95. The fourth-order valence-electron chi connectivity index (χ4n) is 2.93. The molecule has 0 amide bonds. The van der Waals surface area contributed by atoms with Gasteiger partial charge in [-0.25, -0.2) is 0 Å². The second-order valence-electron chi connectivity index (χ2n) is 5.33. The highest BCUT2D eigenvalue weighted by atomic mass is 79.9. The molecule has 0 aromatic heterocycles. The van der Waals surface area contributed by atoms with Gasteiger partial charge in [-0.3, -0.25) is 0 Å². The van der Waals surface area contributed by atoms with Gasteiger partial charge in [0.2, 0.25) is 0 Å². The third-order valence-corrected chi connectivity index (χ3v) is 4.73. The lowest BCUT2D eigenvalue weighted by Crippen LogP contribution is -2.46. The smallest absolute Gasteiger partial charge is 0.0175 e. The Morgan fingerprint density at radius 2 is 1.83 bits per heavy atom. The number of rotatable bonds is 4. The van der Waals surface area contributed by atoms with E-state index in [0.717, 1.165) is 11.0 Å². The van der Waals surface area contributed by atoms with E-state index in [2.05, 4.69) is 52.0 Å². The third-order valence-electron chi connectivity index (χ3n) is 4.20. The van der Waals surface area contributed by atoms with E-state index >= 15 is 0 Å². The van der Waals surface area contributed by atoms with E-state index in [1.165, 1.54) is 44.5 Å². The highest BCUT2D eigenvalue weighted by molar-refractivity contribution is 9.10. The molecule has 1 fully saturated rings. The van der Waals surface area contributed by atoms with Crippen LogP contribution in [0.25, 0.3) is 0 Å². The number of nitrogens with zero attached hydrogens (tertiary/aromatic N) is 1. The Bertz CT molecular complexity index is 367. The van der Waals surface area contributed by atoms with Crippen LogP contribution in [0.1, 0.15) is 31.7 Å². The first-order chi connectivity index (χ1) is 8.70. The fourth-order valence-corrected chi connectivity index (χ4v) is 3.20. The van der Waals surface area contributed by atoms with Crippen LogP contribution in [-0.2, 0) is 5.41 Å². The highest BCUT2D eigenvalue weighted by Crippen LogP contribution is 2.35. The minimum atomic E-state index is 0.199. The average Bonchev–Trinajstić information content (AvgIpc) is 2.41. The topological polar surface area (TPSA) is 29.3 Å². The summed E-state index contributed by atoms with van der Waals surface area (Å²) in [6.45, 7) is 6.59. The molecule has 18 heavy (non-hydrogen) atoms. The molecular formula is C15H23BrN2. The van der Waals surface area contributed by atoms with Crippen molar-refractivity contribution in [2.75, 3.05) is 26.2 Å². The molecule has 2 nitrogen and oxygen atoms in total. The number of piperidine rings is 1. The summed E-state index contributed by atoms with van der Waals surface area (Å²) >= 11 is 3.50. The number of nitrogens with two attached hydrogens (primary N) is 1. The van der Waals surface area contributed by atoms with Gasteiger partial charge in [0.15, 0.2) is 0 Å². The van der Waals surface area contributed by atoms with Gasteiger partial charge in [-0.05, 0) is 56.6 Å². The molecule has 3 heteroatoms. The largest absolute Gasteiger partial charge is 0.330 e. The molecule has 100 valence electrons. The zero-order valence-corrected chi connectivity index (χ0v) is 12.7. The van der Waals surface area contributed by atoms with Crippen molar-refractivity contribution in [2.45, 2.75) is 31.6 Å². The maximum Gasteiger partial charge on any atom is 0.0175 e. The summed E-state index contributed by atoms with van der Waals surface area (Å²) in [6, 6.07) is 8.72. The first-order valence-electron chi connectivity index (χ1n) is 6.89. The fraction of sp³-hybridized carbons (Fsp3) is 0.600. The number of hydrogen-bond donors (Lipinski definition) is 1. The molecule has 1 aliphatic rings. The van der Waals surface area contributed by atoms with Crippen LogP contribution in [0.2, 0.25) is 0 Å². The van der Waals surface area contributed by atoms with E-state index in [1.54, 1.807) is 0 Å². The van der Waals surface area contributed by atoms with E-state index in [1.807, 2.05) is 0 Å². The Morgan fingerprint density at radius 3 is 2.33 bits per heavy atom. The second-order valence-corrected chi connectivity index (χ2v) is 6.25. The number of hydrogen-bond acceptors (Lipinski definition) is 2. The number of benzene rings is 1. The Hall–Kier alpha value is -0.380. The van der Waals surface area contributed by atoms with Crippen LogP contribution in [0.15, 0.2) is 28.7 Å². The van der Waals surface area contributed by atoms with Crippen LogP contribution in [0, 0.1) is 0 Å². The molecule has 0 saturated carbocycles. The predicted octanol–water partition coefficient (Wildman–Crippen LogP) is 3.15. The quantitative estimate of drug-likeness (QED) is 0.925. The molecular weight excluding hydrogens is 288 g/mol. The monoisotopic (exact) mass is 310 g/mol. The predicted molar refractivity (Wildman–Crippen MR) is 80.8 cm³/mol. The van der Waals surface area contributed by atoms with Gasteiger partial charge in [-0.1, -0.05) is 35.0 Å². The molecule has 2 rings (SSSR count). The second kappa shape index (κ2) is 6.18. The highest BCUT2D eigenvalue weighted by Gasteiger charge is 2.34. The lowest BCUT2D eigenvalue weighted by Gasteiger charge is -2.41. The van der Waals surface area contributed by atoms with Crippen molar-refractivity contribution in [2.24, 2.45) is 5.73 Å². The maximum absolute atomic E-state index is 6.10. The molecule has 1 aromatic rings. The first-order valence-corrected chi connectivity index (χ1v) is 7.68. The molecule has 1 saturated heterocycles. The van der Waals surface area contributed by atoms with Gasteiger partial charge in [0.25, 0.3) is 0 Å². The summed E-state index contributed by atoms with van der Waals surface area (Å²) in [5.74, 6) is 0. The zero-order valence-electron chi connectivity index (χ0n) is 11.2. The maximum atomic E-state index is 6.10. The van der Waals surface area contributed by atoms with Crippen LogP contribution in [-0.4, -0.2) is 31.1 Å². The summed E-state index contributed by atoms with van der Waals surface area (Å²) in [4.78, 5) is 2.56. The van der Waals surface area contributed by atoms with Crippen molar-refractivity contribution < 1.29 is 0 Å². The van der Waals surface area contributed by atoms with E-state index in [4.69, 9.17) is 5.73 Å². The van der Waals surface area contributed by atoms with Gasteiger partial charge < -0.3 is 10.6 Å². The molecule has 1 aromatic carbocycles. The molecule has 0 bridgehead atoms. The van der Waals surface area contributed by atoms with Gasteiger partial charge in [0, 0.05) is 16.4 Å². The van der Waals surface area contributed by atoms with Crippen LogP contribution < -0.4 is 5.73 Å². The molecule has 1 aliphatic heterocycles. The van der Waals surface area contributed by atoms with Crippen LogP contribution in [0.3, 0.4) is 0 Å². The van der Waals surface area contributed by atoms with Crippen LogP contribution in [0.5, 0.6) is 0 Å². The Labute approximate surface area is 119 Å². The van der Waals surface area contributed by atoms with E-state index < -0.39 is 0 Å². The Morgan fingerprint density at radius 1 is 1.22 bits per heavy atom. The van der Waals surface area contributed by atoms with Gasteiger partial charge >= 0.3 is 0 Å². The molecule has 0 unspecified atom stereocenters. The summed E-state index contributed by atoms with van der Waals surface area (Å²) in [6.07, 6.45) is 3.62. The first kappa shape index (κ1) is 14.0. The van der Waals surface area contributed by atoms with Crippen LogP contribution in [0.4, 0.5) is 0 Å². The van der Waals surface area contributed by atoms with Gasteiger partial charge in [-0.2, -0.15) is 0 Å². The average molecular weight is 311 g/mol. The normalized spacial score (nSPS) is 19.9. The number of likely N-dealkylation sites (tertiary alicyclic amines) is 1. The van der Waals surface area contributed by atoms with Gasteiger partial charge in [0.05, 0.1) is 0 Å². The molecule has 1 heterocycles. The summed E-state index contributed by atoms with van der Waals surface area (Å²) < 4.78 is 1.14. The molecule has 2 N–H and O–H groups in total. The van der Waals surface area contributed by atoms with Crippen molar-refractivity contribution in [1.82, 2.24) is 4.90 Å². The molecule has 0 radical (unpaired) electrons. The van der Waals surface area contributed by atoms with Gasteiger partial charge in [0.1, 0.15) is 0 Å². The summed E-state index contributed by atoms with van der Waals surface area (Å²) in [5, 5.41) is 0. The summed E-state index contributed by atoms with van der Waals surface area (Å²) in [7, 11) is 0. The van der Waals surface area contributed by atoms with Crippen molar-refractivity contribution in [3.05, 3.63) is 34.3 Å². The van der Waals surface area contributed by atoms with Crippen molar-refractivity contribution >= 4 is 15.9 Å². The molecule has 0 atom stereocenters. The molecule has 0 aliphatic carbocycles. The summed E-state index contributed by atoms with van der Waals surface area (Å²) in [5.41, 5.74) is 7.70. The lowest BCUT2D eigenvalue weighted by molar-refractivity contribution is 0.162. The minimum Gasteiger partial charge on any atom is -0.330 e. The number of halogens is 1.